The molecule has 0 atom stereocenters. The summed E-state index contributed by atoms with van der Waals surface area (Å²) < 4.78 is 0. The third-order valence-corrected chi connectivity index (χ3v) is 1.18. The molecule has 0 saturated carbocycles. The van der Waals surface area contributed by atoms with Crippen molar-refractivity contribution >= 4 is 0 Å². The minimum absolute atomic E-state index is 1.12. The summed E-state index contributed by atoms with van der Waals surface area (Å²) in [6.45, 7) is 2.04. The monoisotopic (exact) mass is 106 g/mol. The van der Waals surface area contributed by atoms with Crippen LogP contribution in [0.4, 0.5) is 0 Å². The van der Waals surface area contributed by atoms with E-state index < -0.39 is 0 Å². The molecule has 8 heavy (non-hydrogen) atoms. The molecule has 0 amide bonds. The van der Waals surface area contributed by atoms with E-state index in [0.29, 0.717) is 0 Å². The van der Waals surface area contributed by atoms with E-state index in [2.05, 4.69) is 30.4 Å². The molecule has 0 aliphatic heterocycles. The van der Waals surface area contributed by atoms with E-state index in [9.17, 15) is 0 Å². The fourth-order valence-electron chi connectivity index (χ4n) is 0.801. The minimum atomic E-state index is 1.12. The molecule has 0 heteroatoms. The Kier molecular flexibility index (Phi) is 1.68. The van der Waals surface area contributed by atoms with Gasteiger partial charge in [0.25, 0.3) is 0 Å². The van der Waals surface area contributed by atoms with Crippen LogP contribution in [0.5, 0.6) is 0 Å². The average Bonchev–Trinajstić information content (AvgIpc) is 2.19. The molecule has 0 spiro atoms. The number of rotatable bonds is 1. The second-order valence-electron chi connectivity index (χ2n) is 1.87. The van der Waals surface area contributed by atoms with Crippen LogP contribution in [0.1, 0.15) is 13.3 Å². The molecular weight excluding hydrogens is 96.1 g/mol. The number of hydrogen-bond donors (Lipinski definition) is 0. The maximum absolute atomic E-state index is 2.16. The van der Waals surface area contributed by atoms with Crippen molar-refractivity contribution in [3.63, 3.8) is 0 Å². The maximum atomic E-state index is 2.16. The summed E-state index contributed by atoms with van der Waals surface area (Å²) in [5.74, 6) is 0. The van der Waals surface area contributed by atoms with Crippen LogP contribution < -0.4 is 0 Å². The summed E-state index contributed by atoms with van der Waals surface area (Å²) in [5, 5.41) is 0. The molecule has 0 saturated heterocycles. The van der Waals surface area contributed by atoms with Gasteiger partial charge in [0.2, 0.25) is 0 Å². The summed E-state index contributed by atoms with van der Waals surface area (Å²) in [5.41, 5.74) is 1.41. The smallest absolute Gasteiger partial charge is 0.00944 e. The van der Waals surface area contributed by atoms with Gasteiger partial charge >= 0.3 is 0 Å². The molecule has 0 unspecified atom stereocenters. The van der Waals surface area contributed by atoms with Gasteiger partial charge < -0.3 is 0 Å². The minimum Gasteiger partial charge on any atom is -0.0874 e. The predicted octanol–water partition coefficient (Wildman–Crippen LogP) is 2.45. The standard InChI is InChI=1S/C8H10/c1-2-5-8-6-3-4-7-8/h2-6H,7H2,1H3. The summed E-state index contributed by atoms with van der Waals surface area (Å²) in [6.07, 6.45) is 11.7. The van der Waals surface area contributed by atoms with Crippen molar-refractivity contribution in [2.45, 2.75) is 13.3 Å². The first-order valence-corrected chi connectivity index (χ1v) is 2.92. The lowest BCUT2D eigenvalue weighted by molar-refractivity contribution is 1.33. The van der Waals surface area contributed by atoms with Crippen LogP contribution >= 0.6 is 0 Å². The highest BCUT2D eigenvalue weighted by Gasteiger charge is 1.90. The van der Waals surface area contributed by atoms with Gasteiger partial charge in [-0.15, -0.1) is 0 Å². The quantitative estimate of drug-likeness (QED) is 0.481. The molecule has 0 fully saturated rings. The SMILES string of the molecule is CC=CC1=CC=CC1. The van der Waals surface area contributed by atoms with E-state index in [1.165, 1.54) is 5.57 Å². The Balaban J connectivity index is 2.51. The highest BCUT2D eigenvalue weighted by atomic mass is 14.0. The summed E-state index contributed by atoms with van der Waals surface area (Å²) >= 11 is 0. The van der Waals surface area contributed by atoms with E-state index in [1.54, 1.807) is 0 Å². The Hall–Kier alpha value is -0.780. The molecule has 0 aromatic carbocycles. The number of allylic oxidation sites excluding steroid dienone is 6. The lowest BCUT2D eigenvalue weighted by Gasteiger charge is -1.85. The average molecular weight is 106 g/mol. The van der Waals surface area contributed by atoms with Crippen LogP contribution in [0.25, 0.3) is 0 Å². The zero-order valence-electron chi connectivity index (χ0n) is 5.09. The van der Waals surface area contributed by atoms with E-state index in [4.69, 9.17) is 0 Å². The topological polar surface area (TPSA) is 0 Å². The van der Waals surface area contributed by atoms with Crippen molar-refractivity contribution in [3.8, 4) is 0 Å². The van der Waals surface area contributed by atoms with Gasteiger partial charge in [-0.25, -0.2) is 0 Å². The van der Waals surface area contributed by atoms with Crippen molar-refractivity contribution in [2.75, 3.05) is 0 Å². The molecular formula is C8H10. The van der Waals surface area contributed by atoms with Crippen molar-refractivity contribution in [2.24, 2.45) is 0 Å². The second-order valence-corrected chi connectivity index (χ2v) is 1.87. The van der Waals surface area contributed by atoms with Gasteiger partial charge in [0.1, 0.15) is 0 Å². The predicted molar refractivity (Wildman–Crippen MR) is 36.7 cm³/mol. The van der Waals surface area contributed by atoms with Crippen LogP contribution in [-0.4, -0.2) is 0 Å². The lowest BCUT2D eigenvalue weighted by atomic mass is 10.2. The molecule has 0 radical (unpaired) electrons. The van der Waals surface area contributed by atoms with Crippen molar-refractivity contribution < 1.29 is 0 Å². The van der Waals surface area contributed by atoms with Gasteiger partial charge in [0, 0.05) is 0 Å². The first-order chi connectivity index (χ1) is 3.93. The van der Waals surface area contributed by atoms with Crippen molar-refractivity contribution in [1.82, 2.24) is 0 Å². The highest BCUT2D eigenvalue weighted by molar-refractivity contribution is 5.31. The van der Waals surface area contributed by atoms with Gasteiger partial charge in [-0.2, -0.15) is 0 Å². The van der Waals surface area contributed by atoms with Gasteiger partial charge in [-0.3, -0.25) is 0 Å². The third kappa shape index (κ3) is 1.09. The van der Waals surface area contributed by atoms with Crippen LogP contribution in [-0.2, 0) is 0 Å². The molecule has 1 rings (SSSR count). The van der Waals surface area contributed by atoms with E-state index >= 15 is 0 Å². The van der Waals surface area contributed by atoms with E-state index in [1.807, 2.05) is 6.92 Å². The lowest BCUT2D eigenvalue weighted by Crippen LogP contribution is -1.65. The molecule has 0 bridgehead atoms. The zero-order valence-corrected chi connectivity index (χ0v) is 5.09. The van der Waals surface area contributed by atoms with Crippen molar-refractivity contribution in [1.29, 1.82) is 0 Å². The first kappa shape index (κ1) is 5.36. The van der Waals surface area contributed by atoms with E-state index in [0.717, 1.165) is 6.42 Å². The Bertz CT molecular complexity index is 147. The largest absolute Gasteiger partial charge is 0.0874 e. The fourth-order valence-corrected chi connectivity index (χ4v) is 0.801. The summed E-state index contributed by atoms with van der Waals surface area (Å²) in [4.78, 5) is 0. The van der Waals surface area contributed by atoms with Gasteiger partial charge in [-0.05, 0) is 18.9 Å². The molecule has 0 heterocycles. The van der Waals surface area contributed by atoms with Crippen LogP contribution in [0.3, 0.4) is 0 Å². The molecule has 1 aliphatic carbocycles. The van der Waals surface area contributed by atoms with Gasteiger partial charge in [0.15, 0.2) is 0 Å². The molecule has 1 aliphatic rings. The third-order valence-electron chi connectivity index (χ3n) is 1.18. The Labute approximate surface area is 50.2 Å². The summed E-state index contributed by atoms with van der Waals surface area (Å²) in [6, 6.07) is 0. The first-order valence-electron chi connectivity index (χ1n) is 2.92. The van der Waals surface area contributed by atoms with Gasteiger partial charge in [0.05, 0.1) is 0 Å². The van der Waals surface area contributed by atoms with Crippen LogP contribution in [0.15, 0.2) is 36.0 Å². The van der Waals surface area contributed by atoms with Gasteiger partial charge in [-0.1, -0.05) is 30.4 Å². The molecule has 0 nitrogen and oxygen atoms in total. The molecule has 0 aromatic heterocycles. The van der Waals surface area contributed by atoms with Crippen LogP contribution in [0, 0.1) is 0 Å². The molecule has 42 valence electrons. The normalized spacial score (nSPS) is 17.9. The molecule has 0 N–H and O–H groups in total. The summed E-state index contributed by atoms with van der Waals surface area (Å²) in [7, 11) is 0. The zero-order chi connectivity index (χ0) is 5.82. The number of hydrogen-bond acceptors (Lipinski definition) is 0. The Morgan fingerprint density at radius 3 is 3.00 bits per heavy atom. The second kappa shape index (κ2) is 2.51. The fraction of sp³-hybridized carbons (Fsp3) is 0.250. The van der Waals surface area contributed by atoms with Crippen molar-refractivity contribution in [3.05, 3.63) is 36.0 Å². The Morgan fingerprint density at radius 1 is 1.62 bits per heavy atom. The van der Waals surface area contributed by atoms with Crippen LogP contribution in [0.2, 0.25) is 0 Å². The molecule has 0 aromatic rings. The maximum Gasteiger partial charge on any atom is -0.00944 e. The highest BCUT2D eigenvalue weighted by Crippen LogP contribution is 2.10. The Morgan fingerprint density at radius 2 is 2.50 bits per heavy atom. The van der Waals surface area contributed by atoms with E-state index in [-0.39, 0.29) is 0 Å².